The summed E-state index contributed by atoms with van der Waals surface area (Å²) in [5, 5.41) is 9.05. The molecule has 0 saturated carbocycles. The van der Waals surface area contributed by atoms with Gasteiger partial charge in [-0.3, -0.25) is 4.99 Å². The number of hydrogen-bond donors (Lipinski definition) is 1. The summed E-state index contributed by atoms with van der Waals surface area (Å²) in [6.07, 6.45) is 3.80. The van der Waals surface area contributed by atoms with E-state index in [1.165, 1.54) is 5.57 Å². The topological polar surface area (TPSA) is 32.6 Å². The molecular formula is C10H9NO. The number of rotatable bonds is 1. The normalized spacial score (nSPS) is 14.8. The van der Waals surface area contributed by atoms with Gasteiger partial charge in [0.2, 0.25) is 0 Å². The number of aliphatic imine (C=N–C) groups is 1. The third-order valence-corrected chi connectivity index (χ3v) is 1.88. The van der Waals surface area contributed by atoms with E-state index in [1.807, 2.05) is 24.4 Å². The maximum atomic E-state index is 9.05. The molecule has 60 valence electrons. The van der Waals surface area contributed by atoms with Gasteiger partial charge in [0.25, 0.3) is 0 Å². The number of hydrogen-bond acceptors (Lipinski definition) is 2. The molecule has 1 aliphatic heterocycles. The van der Waals surface area contributed by atoms with Gasteiger partial charge >= 0.3 is 0 Å². The molecule has 1 aliphatic rings. The minimum atomic E-state index is 0.304. The lowest BCUT2D eigenvalue weighted by Gasteiger charge is -2.00. The van der Waals surface area contributed by atoms with Crippen molar-refractivity contribution in [1.82, 2.24) is 0 Å². The summed E-state index contributed by atoms with van der Waals surface area (Å²) in [6.45, 7) is 0.755. The molecule has 1 aromatic carbocycles. The van der Waals surface area contributed by atoms with E-state index in [2.05, 4.69) is 4.99 Å². The van der Waals surface area contributed by atoms with Crippen molar-refractivity contribution < 1.29 is 5.11 Å². The molecule has 2 nitrogen and oxygen atoms in total. The van der Waals surface area contributed by atoms with Crippen molar-refractivity contribution in [3.05, 3.63) is 35.9 Å². The van der Waals surface area contributed by atoms with E-state index >= 15 is 0 Å². The molecule has 2 heteroatoms. The zero-order valence-corrected chi connectivity index (χ0v) is 6.57. The molecule has 0 fully saturated rings. The summed E-state index contributed by atoms with van der Waals surface area (Å²) in [4.78, 5) is 4.08. The Balaban J connectivity index is 2.30. The van der Waals surface area contributed by atoms with E-state index in [0.717, 1.165) is 12.1 Å². The molecule has 12 heavy (non-hydrogen) atoms. The molecule has 0 bridgehead atoms. The Hall–Kier alpha value is -1.57. The van der Waals surface area contributed by atoms with Crippen molar-refractivity contribution in [3.8, 4) is 5.75 Å². The third kappa shape index (κ3) is 1.23. The zero-order chi connectivity index (χ0) is 8.39. The molecule has 0 aliphatic carbocycles. The second-order valence-corrected chi connectivity index (χ2v) is 2.73. The Morgan fingerprint density at radius 3 is 2.50 bits per heavy atom. The molecule has 2 rings (SSSR count). The van der Waals surface area contributed by atoms with Gasteiger partial charge in [-0.25, -0.2) is 0 Å². The molecule has 0 atom stereocenters. The summed E-state index contributed by atoms with van der Waals surface area (Å²) < 4.78 is 0. The first-order valence-electron chi connectivity index (χ1n) is 3.84. The molecule has 0 spiro atoms. The Morgan fingerprint density at radius 1 is 1.17 bits per heavy atom. The average Bonchev–Trinajstić information content (AvgIpc) is 2.58. The Bertz CT molecular complexity index is 335. The molecule has 0 radical (unpaired) electrons. The second kappa shape index (κ2) is 2.81. The Morgan fingerprint density at radius 2 is 1.92 bits per heavy atom. The van der Waals surface area contributed by atoms with E-state index in [4.69, 9.17) is 5.11 Å². The fourth-order valence-corrected chi connectivity index (χ4v) is 1.21. The van der Waals surface area contributed by atoms with Crippen molar-refractivity contribution in [2.24, 2.45) is 4.99 Å². The molecule has 1 aromatic rings. The van der Waals surface area contributed by atoms with Crippen molar-refractivity contribution in [1.29, 1.82) is 0 Å². The molecule has 0 saturated heterocycles. The van der Waals surface area contributed by atoms with Crippen LogP contribution in [0.1, 0.15) is 5.56 Å². The molecule has 1 N–H and O–H groups in total. The zero-order valence-electron chi connectivity index (χ0n) is 6.57. The maximum Gasteiger partial charge on any atom is 0.115 e. The predicted octanol–water partition coefficient (Wildman–Crippen LogP) is 1.86. The summed E-state index contributed by atoms with van der Waals surface area (Å²) >= 11 is 0. The number of phenols is 1. The lowest BCUT2D eigenvalue weighted by atomic mass is 10.1. The van der Waals surface area contributed by atoms with Gasteiger partial charge in [-0.05, 0) is 29.3 Å². The van der Waals surface area contributed by atoms with Gasteiger partial charge < -0.3 is 5.11 Å². The molecule has 0 unspecified atom stereocenters. The van der Waals surface area contributed by atoms with Gasteiger partial charge in [0.05, 0.1) is 6.54 Å². The van der Waals surface area contributed by atoms with E-state index in [0.29, 0.717) is 5.75 Å². The monoisotopic (exact) mass is 159 g/mol. The number of allylic oxidation sites excluding steroid dienone is 1. The van der Waals surface area contributed by atoms with Gasteiger partial charge in [0.15, 0.2) is 0 Å². The molecule has 0 amide bonds. The minimum absolute atomic E-state index is 0.304. The van der Waals surface area contributed by atoms with Gasteiger partial charge in [-0.15, -0.1) is 0 Å². The fraction of sp³-hybridized carbons (Fsp3) is 0.100. The maximum absolute atomic E-state index is 9.05. The smallest absolute Gasteiger partial charge is 0.115 e. The van der Waals surface area contributed by atoms with Crippen molar-refractivity contribution >= 4 is 11.8 Å². The van der Waals surface area contributed by atoms with Gasteiger partial charge in [0.1, 0.15) is 5.75 Å². The van der Waals surface area contributed by atoms with Crippen LogP contribution in [0.4, 0.5) is 0 Å². The van der Waals surface area contributed by atoms with Crippen LogP contribution in [0.2, 0.25) is 0 Å². The van der Waals surface area contributed by atoms with Crippen LogP contribution in [-0.4, -0.2) is 17.9 Å². The quantitative estimate of drug-likeness (QED) is 0.666. The highest BCUT2D eigenvalue weighted by atomic mass is 16.3. The van der Waals surface area contributed by atoms with Crippen LogP contribution < -0.4 is 0 Å². The lowest BCUT2D eigenvalue weighted by Crippen LogP contribution is -1.83. The number of phenolic OH excluding ortho intramolecular Hbond substituents is 1. The summed E-state index contributed by atoms with van der Waals surface area (Å²) in [7, 11) is 0. The van der Waals surface area contributed by atoms with Gasteiger partial charge in [-0.1, -0.05) is 12.1 Å². The Labute approximate surface area is 70.9 Å². The predicted molar refractivity (Wildman–Crippen MR) is 49.4 cm³/mol. The number of benzene rings is 1. The van der Waals surface area contributed by atoms with Crippen LogP contribution in [0.5, 0.6) is 5.75 Å². The highest BCUT2D eigenvalue weighted by Crippen LogP contribution is 2.19. The highest BCUT2D eigenvalue weighted by Gasteiger charge is 2.02. The molecule has 0 aromatic heterocycles. The SMILES string of the molecule is Oc1ccc(C2=CC=NC2)cc1. The lowest BCUT2D eigenvalue weighted by molar-refractivity contribution is 0.475. The van der Waals surface area contributed by atoms with Gasteiger partial charge in [0, 0.05) is 6.21 Å². The standard InChI is InChI=1S/C10H9NO/c12-10-3-1-8(2-4-10)9-5-6-11-7-9/h1-6,12H,7H2. The largest absolute Gasteiger partial charge is 0.508 e. The van der Waals surface area contributed by atoms with Crippen LogP contribution in [0.25, 0.3) is 5.57 Å². The fourth-order valence-electron chi connectivity index (χ4n) is 1.21. The third-order valence-electron chi connectivity index (χ3n) is 1.88. The second-order valence-electron chi connectivity index (χ2n) is 2.73. The number of nitrogens with zero attached hydrogens (tertiary/aromatic N) is 1. The molecule has 1 heterocycles. The summed E-state index contributed by atoms with van der Waals surface area (Å²) in [5.41, 5.74) is 2.33. The van der Waals surface area contributed by atoms with E-state index in [1.54, 1.807) is 12.1 Å². The van der Waals surface area contributed by atoms with E-state index < -0.39 is 0 Å². The number of aromatic hydroxyl groups is 1. The van der Waals surface area contributed by atoms with Crippen LogP contribution in [-0.2, 0) is 0 Å². The van der Waals surface area contributed by atoms with Crippen molar-refractivity contribution in [3.63, 3.8) is 0 Å². The van der Waals surface area contributed by atoms with E-state index in [-0.39, 0.29) is 0 Å². The average molecular weight is 159 g/mol. The highest BCUT2D eigenvalue weighted by molar-refractivity contribution is 5.89. The van der Waals surface area contributed by atoms with Crippen LogP contribution in [0.3, 0.4) is 0 Å². The first-order valence-corrected chi connectivity index (χ1v) is 3.84. The van der Waals surface area contributed by atoms with Crippen molar-refractivity contribution in [2.45, 2.75) is 0 Å². The van der Waals surface area contributed by atoms with Crippen LogP contribution in [0, 0.1) is 0 Å². The van der Waals surface area contributed by atoms with Crippen LogP contribution in [0.15, 0.2) is 35.3 Å². The minimum Gasteiger partial charge on any atom is -0.508 e. The van der Waals surface area contributed by atoms with Gasteiger partial charge in [-0.2, -0.15) is 0 Å². The molecular weight excluding hydrogens is 150 g/mol. The summed E-state index contributed by atoms with van der Waals surface area (Å²) in [5.74, 6) is 0.304. The summed E-state index contributed by atoms with van der Waals surface area (Å²) in [6, 6.07) is 7.18. The first kappa shape index (κ1) is 7.10. The Kier molecular flexibility index (Phi) is 1.67. The first-order chi connectivity index (χ1) is 5.86. The van der Waals surface area contributed by atoms with Crippen LogP contribution >= 0.6 is 0 Å². The van der Waals surface area contributed by atoms with Crippen molar-refractivity contribution in [2.75, 3.05) is 6.54 Å². The van der Waals surface area contributed by atoms with E-state index in [9.17, 15) is 0 Å².